The molecule has 2 amide bonds. The molecule has 2 aromatic carbocycles. The first-order valence-corrected chi connectivity index (χ1v) is 12.1. The van der Waals surface area contributed by atoms with E-state index in [1.165, 1.54) is 16.7 Å². The van der Waals surface area contributed by atoms with Crippen LogP contribution in [0, 0.1) is 5.92 Å². The van der Waals surface area contributed by atoms with Crippen LogP contribution in [0.1, 0.15) is 16.4 Å². The molecule has 1 aromatic heterocycles. The van der Waals surface area contributed by atoms with Gasteiger partial charge in [-0.3, -0.25) is 14.4 Å². The van der Waals surface area contributed by atoms with Crippen LogP contribution in [0.4, 0.5) is 11.4 Å². The Balaban J connectivity index is 1.62. The van der Waals surface area contributed by atoms with Crippen molar-refractivity contribution in [3.63, 3.8) is 0 Å². The molecule has 3 heterocycles. The van der Waals surface area contributed by atoms with E-state index in [4.69, 9.17) is 0 Å². The molecule has 3 aromatic rings. The molecular formula is C22H18BrN3O3S2. The Hall–Kier alpha value is -2.36. The van der Waals surface area contributed by atoms with E-state index in [9.17, 15) is 14.4 Å². The normalized spacial score (nSPS) is 22.4. The van der Waals surface area contributed by atoms with Crippen molar-refractivity contribution in [1.29, 1.82) is 0 Å². The first-order valence-electron chi connectivity index (χ1n) is 9.65. The molecule has 0 spiro atoms. The van der Waals surface area contributed by atoms with Crippen LogP contribution < -0.4 is 14.7 Å². The lowest BCUT2D eigenvalue weighted by Crippen LogP contribution is -2.32. The predicted molar refractivity (Wildman–Crippen MR) is 127 cm³/mol. The molecule has 6 nitrogen and oxygen atoms in total. The molecule has 31 heavy (non-hydrogen) atoms. The van der Waals surface area contributed by atoms with Crippen LogP contribution in [0.5, 0.6) is 0 Å². The summed E-state index contributed by atoms with van der Waals surface area (Å²) in [5.41, 5.74) is 2.53. The van der Waals surface area contributed by atoms with Gasteiger partial charge in [-0.15, -0.1) is 0 Å². The second kappa shape index (κ2) is 7.65. The van der Waals surface area contributed by atoms with Gasteiger partial charge < -0.3 is 9.88 Å². The molecule has 3 atom stereocenters. The molecule has 158 valence electrons. The van der Waals surface area contributed by atoms with Crippen molar-refractivity contribution in [3.8, 4) is 0 Å². The van der Waals surface area contributed by atoms with Crippen LogP contribution in [0.3, 0.4) is 0 Å². The summed E-state index contributed by atoms with van der Waals surface area (Å²) < 4.78 is 0.876. The molecule has 1 fully saturated rings. The SMILES string of the molecule is CN(C)c1ccc([C@@H]2c3sc(=O)[nH]c3S[C@H]3C(=O)N(c4ccc(Br)cc4)C(=O)[C@@H]23)cc1. The first-order chi connectivity index (χ1) is 14.8. The van der Waals surface area contributed by atoms with Gasteiger partial charge in [0.15, 0.2) is 0 Å². The van der Waals surface area contributed by atoms with E-state index in [0.29, 0.717) is 10.7 Å². The van der Waals surface area contributed by atoms with Crippen molar-refractivity contribution in [2.45, 2.75) is 16.2 Å². The van der Waals surface area contributed by atoms with Gasteiger partial charge in [0.1, 0.15) is 5.25 Å². The molecule has 0 bridgehead atoms. The summed E-state index contributed by atoms with van der Waals surface area (Å²) in [5, 5.41) is 0.115. The zero-order chi connectivity index (χ0) is 21.9. The van der Waals surface area contributed by atoms with Gasteiger partial charge in [0.2, 0.25) is 11.8 Å². The lowest BCUT2D eigenvalue weighted by molar-refractivity contribution is -0.122. The van der Waals surface area contributed by atoms with Crippen LogP contribution in [0.15, 0.2) is 62.8 Å². The van der Waals surface area contributed by atoms with E-state index in [1.807, 2.05) is 55.4 Å². The van der Waals surface area contributed by atoms with E-state index in [2.05, 4.69) is 20.9 Å². The third kappa shape index (κ3) is 3.35. The number of carbonyl (C=O) groups is 2. The minimum absolute atomic E-state index is 0.169. The maximum absolute atomic E-state index is 13.6. The second-order valence-corrected chi connectivity index (χ2v) is 10.8. The van der Waals surface area contributed by atoms with Crippen molar-refractivity contribution in [3.05, 3.63) is 73.1 Å². The molecule has 1 saturated heterocycles. The number of aromatic amines is 1. The van der Waals surface area contributed by atoms with Gasteiger partial charge in [0.05, 0.1) is 16.6 Å². The highest BCUT2D eigenvalue weighted by atomic mass is 79.9. The molecule has 0 saturated carbocycles. The number of H-pyrrole nitrogens is 1. The number of amides is 2. The quantitative estimate of drug-likeness (QED) is 0.532. The summed E-state index contributed by atoms with van der Waals surface area (Å²) in [5.74, 6) is -1.38. The van der Waals surface area contributed by atoms with Gasteiger partial charge in [0, 0.05) is 35.1 Å². The molecule has 0 unspecified atom stereocenters. The van der Waals surface area contributed by atoms with Gasteiger partial charge in [-0.1, -0.05) is 51.2 Å². The smallest absolute Gasteiger partial charge is 0.305 e. The number of anilines is 2. The van der Waals surface area contributed by atoms with Crippen molar-refractivity contribution < 1.29 is 9.59 Å². The molecule has 2 aliphatic rings. The highest BCUT2D eigenvalue weighted by molar-refractivity contribution is 9.10. The van der Waals surface area contributed by atoms with Gasteiger partial charge in [-0.05, 0) is 42.0 Å². The average Bonchev–Trinajstić information content (AvgIpc) is 3.24. The number of thiazole rings is 1. The lowest BCUT2D eigenvalue weighted by atomic mass is 9.83. The van der Waals surface area contributed by atoms with Gasteiger partial charge in [-0.2, -0.15) is 0 Å². The number of imide groups is 1. The fraction of sp³-hybridized carbons (Fsp3) is 0.227. The highest BCUT2D eigenvalue weighted by Crippen LogP contribution is 2.53. The Morgan fingerprint density at radius 3 is 2.29 bits per heavy atom. The van der Waals surface area contributed by atoms with Crippen molar-refractivity contribution in [2.24, 2.45) is 5.92 Å². The topological polar surface area (TPSA) is 73.5 Å². The van der Waals surface area contributed by atoms with Crippen molar-refractivity contribution in [2.75, 3.05) is 23.9 Å². The Labute approximate surface area is 195 Å². The van der Waals surface area contributed by atoms with E-state index in [0.717, 1.165) is 31.9 Å². The number of nitrogens with one attached hydrogen (secondary N) is 1. The zero-order valence-electron chi connectivity index (χ0n) is 16.7. The van der Waals surface area contributed by atoms with Crippen LogP contribution in [0.25, 0.3) is 0 Å². The predicted octanol–water partition coefficient (Wildman–Crippen LogP) is 4.06. The number of nitrogens with zero attached hydrogens (tertiary/aromatic N) is 2. The number of thioether (sulfide) groups is 1. The molecule has 9 heteroatoms. The van der Waals surface area contributed by atoms with Crippen LogP contribution in [-0.4, -0.2) is 36.1 Å². The number of hydrogen-bond donors (Lipinski definition) is 1. The Bertz CT molecular complexity index is 1230. The molecule has 0 aliphatic carbocycles. The van der Waals surface area contributed by atoms with E-state index in [1.54, 1.807) is 12.1 Å². The fourth-order valence-corrected chi connectivity index (χ4v) is 6.98. The number of aromatic nitrogens is 1. The lowest BCUT2D eigenvalue weighted by Gasteiger charge is -2.30. The summed E-state index contributed by atoms with van der Waals surface area (Å²) in [7, 11) is 3.93. The van der Waals surface area contributed by atoms with Crippen LogP contribution in [-0.2, 0) is 9.59 Å². The number of benzene rings is 2. The minimum atomic E-state index is -0.576. The first kappa shape index (κ1) is 20.5. The summed E-state index contributed by atoms with van der Waals surface area (Å²) in [6.07, 6.45) is 0. The number of halogens is 1. The zero-order valence-corrected chi connectivity index (χ0v) is 19.9. The number of fused-ring (bicyclic) bond motifs is 2. The number of rotatable bonds is 3. The second-order valence-electron chi connectivity index (χ2n) is 7.72. The third-order valence-electron chi connectivity index (χ3n) is 5.68. The van der Waals surface area contributed by atoms with Crippen molar-refractivity contribution in [1.82, 2.24) is 4.98 Å². The highest BCUT2D eigenvalue weighted by Gasteiger charge is 2.56. The molecule has 5 rings (SSSR count). The van der Waals surface area contributed by atoms with E-state index >= 15 is 0 Å². The van der Waals surface area contributed by atoms with Crippen LogP contribution >= 0.6 is 39.0 Å². The van der Waals surface area contributed by atoms with Crippen molar-refractivity contribution >= 4 is 62.2 Å². The Morgan fingerprint density at radius 2 is 1.65 bits per heavy atom. The fourth-order valence-electron chi connectivity index (χ4n) is 4.20. The minimum Gasteiger partial charge on any atom is -0.378 e. The average molecular weight is 516 g/mol. The van der Waals surface area contributed by atoms with Gasteiger partial charge in [0.25, 0.3) is 0 Å². The number of hydrogen-bond acceptors (Lipinski definition) is 6. The monoisotopic (exact) mass is 515 g/mol. The molecule has 0 radical (unpaired) electrons. The summed E-state index contributed by atoms with van der Waals surface area (Å²) in [6.45, 7) is 0. The van der Waals surface area contributed by atoms with Crippen LogP contribution in [0.2, 0.25) is 0 Å². The Morgan fingerprint density at radius 1 is 0.968 bits per heavy atom. The molecular weight excluding hydrogens is 498 g/mol. The summed E-state index contributed by atoms with van der Waals surface area (Å²) in [6, 6.07) is 15.1. The maximum atomic E-state index is 13.6. The molecule has 2 aliphatic heterocycles. The maximum Gasteiger partial charge on any atom is 0.305 e. The Kier molecular flexibility index (Phi) is 5.07. The van der Waals surface area contributed by atoms with E-state index < -0.39 is 11.2 Å². The van der Waals surface area contributed by atoms with Gasteiger partial charge >= 0.3 is 4.87 Å². The van der Waals surface area contributed by atoms with E-state index in [-0.39, 0.29) is 22.6 Å². The van der Waals surface area contributed by atoms with Gasteiger partial charge in [-0.25, -0.2) is 4.90 Å². The number of carbonyl (C=O) groups excluding carboxylic acids is 2. The summed E-state index contributed by atoms with van der Waals surface area (Å²) >= 11 is 5.81. The summed E-state index contributed by atoms with van der Waals surface area (Å²) in [4.78, 5) is 45.9. The standard InChI is InChI=1S/C22H18BrN3O3S2/c1-25(2)13-7-3-11(4-8-13)15-16-18(30-19-17(15)31-22(29)24-19)21(28)26(20(16)27)14-9-5-12(23)6-10-14/h3-10,15-16,18H,1-2H3,(H,24,29)/t15-,16-,18+/m0/s1. The largest absolute Gasteiger partial charge is 0.378 e. The third-order valence-corrected chi connectivity index (χ3v) is 8.61. The molecule has 1 N–H and O–H groups in total.